The first-order chi connectivity index (χ1) is 10.0. The van der Waals surface area contributed by atoms with E-state index in [4.69, 9.17) is 5.73 Å². The minimum Gasteiger partial charge on any atom is -0.465 e. The van der Waals surface area contributed by atoms with Gasteiger partial charge in [-0.25, -0.2) is 9.18 Å². The van der Waals surface area contributed by atoms with E-state index in [0.717, 1.165) is 19.6 Å². The molecule has 1 aliphatic rings. The summed E-state index contributed by atoms with van der Waals surface area (Å²) >= 11 is 0. The maximum atomic E-state index is 14.1. The van der Waals surface area contributed by atoms with Crippen LogP contribution in [0.2, 0.25) is 0 Å². The van der Waals surface area contributed by atoms with Gasteiger partial charge in [-0.15, -0.1) is 0 Å². The van der Waals surface area contributed by atoms with Gasteiger partial charge in [0, 0.05) is 25.8 Å². The Kier molecular flexibility index (Phi) is 5.01. The Bertz CT molecular complexity index is 516. The van der Waals surface area contributed by atoms with Crippen LogP contribution in [0.4, 0.5) is 15.8 Å². The number of nitrogens with zero attached hydrogens (tertiary/aromatic N) is 2. The molecule has 0 unspecified atom stereocenters. The van der Waals surface area contributed by atoms with Gasteiger partial charge in [-0.05, 0) is 38.1 Å². The number of methoxy groups -OCH3 is 1. The molecule has 1 aliphatic heterocycles. The normalized spacial score (nSPS) is 15.2. The second-order valence-electron chi connectivity index (χ2n) is 5.35. The zero-order valence-electron chi connectivity index (χ0n) is 12.6. The van der Waals surface area contributed by atoms with Gasteiger partial charge in [0.2, 0.25) is 0 Å². The zero-order valence-corrected chi connectivity index (χ0v) is 12.6. The van der Waals surface area contributed by atoms with E-state index in [2.05, 4.69) is 9.64 Å². The maximum absolute atomic E-state index is 14.1. The minimum absolute atomic E-state index is 0.0936. The van der Waals surface area contributed by atoms with Crippen LogP contribution in [0.15, 0.2) is 12.1 Å². The lowest BCUT2D eigenvalue weighted by Gasteiger charge is -2.24. The van der Waals surface area contributed by atoms with Gasteiger partial charge in [-0.3, -0.25) is 0 Å². The lowest BCUT2D eigenvalue weighted by molar-refractivity contribution is 0.0602. The van der Waals surface area contributed by atoms with Crippen molar-refractivity contribution >= 4 is 17.3 Å². The number of likely N-dealkylation sites (tertiary alicyclic amines) is 1. The molecule has 0 atom stereocenters. The molecule has 5 nitrogen and oxygen atoms in total. The summed E-state index contributed by atoms with van der Waals surface area (Å²) in [6, 6.07) is 2.63. The third-order valence-electron chi connectivity index (χ3n) is 3.89. The fourth-order valence-corrected chi connectivity index (χ4v) is 2.57. The van der Waals surface area contributed by atoms with E-state index in [1.54, 1.807) is 4.90 Å². The van der Waals surface area contributed by atoms with E-state index in [0.29, 0.717) is 12.2 Å². The van der Waals surface area contributed by atoms with Crippen LogP contribution in [0.1, 0.15) is 23.2 Å². The summed E-state index contributed by atoms with van der Waals surface area (Å²) in [5.74, 6) is -0.981. The largest absolute Gasteiger partial charge is 0.465 e. The second kappa shape index (κ2) is 6.76. The SMILES string of the molecule is COC(=O)c1cc(N(C)CCN2CCCC2)c(F)cc1N. The summed E-state index contributed by atoms with van der Waals surface area (Å²) in [7, 11) is 3.09. The standard InChI is InChI=1S/C15H22FN3O2/c1-18(7-8-19-5-3-4-6-19)14-9-11(15(20)21-2)13(17)10-12(14)16/h9-10H,3-8,17H2,1-2H3. The van der Waals surface area contributed by atoms with E-state index in [1.165, 1.54) is 32.1 Å². The maximum Gasteiger partial charge on any atom is 0.340 e. The van der Waals surface area contributed by atoms with Crippen LogP contribution in [0, 0.1) is 5.82 Å². The first-order valence-electron chi connectivity index (χ1n) is 7.13. The van der Waals surface area contributed by atoms with Gasteiger partial charge in [0.25, 0.3) is 0 Å². The smallest absolute Gasteiger partial charge is 0.340 e. The number of carbonyl (C=O) groups is 1. The molecule has 0 aliphatic carbocycles. The summed E-state index contributed by atoms with van der Waals surface area (Å²) < 4.78 is 18.7. The fourth-order valence-electron chi connectivity index (χ4n) is 2.57. The number of benzene rings is 1. The number of anilines is 2. The number of hydrogen-bond donors (Lipinski definition) is 1. The predicted octanol–water partition coefficient (Wildman–Crippen LogP) is 1.73. The monoisotopic (exact) mass is 295 g/mol. The third-order valence-corrected chi connectivity index (χ3v) is 3.89. The zero-order chi connectivity index (χ0) is 15.4. The summed E-state index contributed by atoms with van der Waals surface area (Å²) in [5.41, 5.74) is 6.33. The van der Waals surface area contributed by atoms with Crippen LogP contribution in [-0.2, 0) is 4.74 Å². The molecule has 6 heteroatoms. The number of likely N-dealkylation sites (N-methyl/N-ethyl adjacent to an activating group) is 1. The molecule has 1 saturated heterocycles. The third kappa shape index (κ3) is 3.64. The Labute approximate surface area is 124 Å². The Hall–Kier alpha value is -1.82. The van der Waals surface area contributed by atoms with Gasteiger partial charge in [0.15, 0.2) is 0 Å². The summed E-state index contributed by atoms with van der Waals surface area (Å²) in [6.45, 7) is 3.78. The molecule has 0 radical (unpaired) electrons. The molecule has 1 fully saturated rings. The highest BCUT2D eigenvalue weighted by Gasteiger charge is 2.18. The van der Waals surface area contributed by atoms with Gasteiger partial charge in [-0.1, -0.05) is 0 Å². The molecule has 0 bridgehead atoms. The van der Waals surface area contributed by atoms with Crippen molar-refractivity contribution in [1.29, 1.82) is 0 Å². The van der Waals surface area contributed by atoms with Crippen molar-refractivity contribution in [2.24, 2.45) is 0 Å². The molecule has 0 saturated carbocycles. The quantitative estimate of drug-likeness (QED) is 0.662. The summed E-state index contributed by atoms with van der Waals surface area (Å²) in [4.78, 5) is 15.8. The molecule has 0 aromatic heterocycles. The highest BCUT2D eigenvalue weighted by molar-refractivity contribution is 5.96. The van der Waals surface area contributed by atoms with Crippen LogP contribution in [0.5, 0.6) is 0 Å². The summed E-state index contributed by atoms with van der Waals surface area (Å²) in [5, 5.41) is 0. The number of nitrogens with two attached hydrogens (primary N) is 1. The van der Waals surface area contributed by atoms with Crippen molar-refractivity contribution < 1.29 is 13.9 Å². The van der Waals surface area contributed by atoms with Crippen LogP contribution in [-0.4, -0.2) is 51.2 Å². The van der Waals surface area contributed by atoms with Crippen molar-refractivity contribution in [2.75, 3.05) is 51.0 Å². The Morgan fingerprint density at radius 3 is 2.71 bits per heavy atom. The number of nitrogen functional groups attached to an aromatic ring is 1. The number of esters is 1. The van der Waals surface area contributed by atoms with Crippen molar-refractivity contribution in [2.45, 2.75) is 12.8 Å². The first-order valence-corrected chi connectivity index (χ1v) is 7.13. The predicted molar refractivity (Wildman–Crippen MR) is 81.1 cm³/mol. The number of carbonyl (C=O) groups excluding carboxylic acids is 1. The first kappa shape index (κ1) is 15.6. The molecular weight excluding hydrogens is 273 g/mol. The Morgan fingerprint density at radius 1 is 1.43 bits per heavy atom. The van der Waals surface area contributed by atoms with Gasteiger partial charge in [-0.2, -0.15) is 0 Å². The topological polar surface area (TPSA) is 58.8 Å². The van der Waals surface area contributed by atoms with Crippen LogP contribution < -0.4 is 10.6 Å². The van der Waals surface area contributed by atoms with Crippen molar-refractivity contribution in [1.82, 2.24) is 4.90 Å². The van der Waals surface area contributed by atoms with Gasteiger partial charge < -0.3 is 20.3 Å². The van der Waals surface area contributed by atoms with Crippen molar-refractivity contribution in [3.05, 3.63) is 23.5 Å². The van der Waals surface area contributed by atoms with Gasteiger partial charge in [0.05, 0.1) is 18.4 Å². The average molecular weight is 295 g/mol. The lowest BCUT2D eigenvalue weighted by Crippen LogP contribution is -2.32. The lowest BCUT2D eigenvalue weighted by atomic mass is 10.1. The number of rotatable bonds is 5. The molecule has 0 spiro atoms. The molecule has 1 aromatic rings. The molecule has 1 heterocycles. The van der Waals surface area contributed by atoms with E-state index in [1.807, 2.05) is 7.05 Å². The highest BCUT2D eigenvalue weighted by Crippen LogP contribution is 2.25. The molecule has 0 amide bonds. The Balaban J connectivity index is 2.11. The summed E-state index contributed by atoms with van der Waals surface area (Å²) in [6.07, 6.45) is 2.46. The Morgan fingerprint density at radius 2 is 2.10 bits per heavy atom. The molecule has 2 N–H and O–H groups in total. The van der Waals surface area contributed by atoms with Crippen molar-refractivity contribution in [3.63, 3.8) is 0 Å². The van der Waals surface area contributed by atoms with Crippen molar-refractivity contribution in [3.8, 4) is 0 Å². The fraction of sp³-hybridized carbons (Fsp3) is 0.533. The van der Waals surface area contributed by atoms with E-state index in [9.17, 15) is 9.18 Å². The van der Waals surface area contributed by atoms with Crippen LogP contribution in [0.25, 0.3) is 0 Å². The van der Waals surface area contributed by atoms with Gasteiger partial charge in [0.1, 0.15) is 5.82 Å². The van der Waals surface area contributed by atoms with Crippen LogP contribution in [0.3, 0.4) is 0 Å². The number of ether oxygens (including phenoxy) is 1. The molecule has 21 heavy (non-hydrogen) atoms. The molecule has 2 rings (SSSR count). The van der Waals surface area contributed by atoms with Crippen LogP contribution >= 0.6 is 0 Å². The van der Waals surface area contributed by atoms with E-state index < -0.39 is 11.8 Å². The molecule has 1 aromatic carbocycles. The average Bonchev–Trinajstić information content (AvgIpc) is 2.97. The second-order valence-corrected chi connectivity index (χ2v) is 5.35. The highest BCUT2D eigenvalue weighted by atomic mass is 19.1. The number of halogens is 1. The van der Waals surface area contributed by atoms with Gasteiger partial charge >= 0.3 is 5.97 Å². The number of hydrogen-bond acceptors (Lipinski definition) is 5. The van der Waals surface area contributed by atoms with E-state index >= 15 is 0 Å². The molecular formula is C15H22FN3O2. The van der Waals surface area contributed by atoms with E-state index in [-0.39, 0.29) is 11.3 Å². The molecule has 116 valence electrons. The minimum atomic E-state index is -0.554.